The molecule has 1 fully saturated rings. The molecular formula is C14H14FN3O3. The average Bonchev–Trinajstić information content (AvgIpc) is 2.85. The van der Waals surface area contributed by atoms with E-state index in [-0.39, 0.29) is 17.8 Å². The molecule has 1 saturated heterocycles. The average molecular weight is 291 g/mol. The van der Waals surface area contributed by atoms with E-state index in [4.69, 9.17) is 10.4 Å². The number of halogens is 1. The zero-order valence-electron chi connectivity index (χ0n) is 11.4. The molecule has 0 spiro atoms. The molecule has 1 aliphatic heterocycles. The summed E-state index contributed by atoms with van der Waals surface area (Å²) in [5.74, 6) is -1.51. The van der Waals surface area contributed by atoms with E-state index < -0.39 is 23.2 Å². The summed E-state index contributed by atoms with van der Waals surface area (Å²) in [6.45, 7) is 2.00. The number of carboxylic acid groups (broad SMARTS) is 1. The van der Waals surface area contributed by atoms with Crippen molar-refractivity contribution in [2.75, 3.05) is 18.4 Å². The minimum atomic E-state index is -0.960. The second kappa shape index (κ2) is 5.40. The second-order valence-corrected chi connectivity index (χ2v) is 5.27. The van der Waals surface area contributed by atoms with Crippen molar-refractivity contribution in [3.05, 3.63) is 29.6 Å². The Morgan fingerprint density at radius 3 is 2.81 bits per heavy atom. The number of carbonyl (C=O) groups excluding carboxylic acids is 1. The van der Waals surface area contributed by atoms with Gasteiger partial charge in [-0.2, -0.15) is 5.26 Å². The third-order valence-corrected chi connectivity index (χ3v) is 3.62. The van der Waals surface area contributed by atoms with Crippen LogP contribution in [0.4, 0.5) is 14.9 Å². The van der Waals surface area contributed by atoms with Gasteiger partial charge in [0.1, 0.15) is 11.9 Å². The fraction of sp³-hybridized carbons (Fsp3) is 0.357. The quantitative estimate of drug-likeness (QED) is 0.871. The van der Waals surface area contributed by atoms with Crippen LogP contribution in [0.25, 0.3) is 0 Å². The van der Waals surface area contributed by atoms with E-state index in [1.165, 1.54) is 11.0 Å². The fourth-order valence-electron chi connectivity index (χ4n) is 2.22. The van der Waals surface area contributed by atoms with Crippen molar-refractivity contribution >= 4 is 17.7 Å². The van der Waals surface area contributed by atoms with Crippen molar-refractivity contribution in [3.63, 3.8) is 0 Å². The van der Waals surface area contributed by atoms with Crippen LogP contribution in [-0.2, 0) is 4.79 Å². The van der Waals surface area contributed by atoms with Gasteiger partial charge in [-0.1, -0.05) is 0 Å². The summed E-state index contributed by atoms with van der Waals surface area (Å²) in [7, 11) is 0. The number of rotatable bonds is 2. The van der Waals surface area contributed by atoms with E-state index in [1.54, 1.807) is 13.0 Å². The fourth-order valence-corrected chi connectivity index (χ4v) is 2.22. The Labute approximate surface area is 120 Å². The molecule has 1 aliphatic rings. The molecule has 1 unspecified atom stereocenters. The molecule has 6 nitrogen and oxygen atoms in total. The Hall–Kier alpha value is -2.62. The minimum absolute atomic E-state index is 0.0172. The number of likely N-dealkylation sites (tertiary alicyclic amines) is 1. The smallest absolute Gasteiger partial charge is 0.321 e. The number of aliphatic carboxylic acids is 1. The molecule has 1 atom stereocenters. The Morgan fingerprint density at radius 1 is 1.52 bits per heavy atom. The highest BCUT2D eigenvalue weighted by atomic mass is 19.1. The highest BCUT2D eigenvalue weighted by Gasteiger charge is 2.42. The molecule has 0 aromatic heterocycles. The molecule has 110 valence electrons. The van der Waals surface area contributed by atoms with E-state index >= 15 is 0 Å². The maximum Gasteiger partial charge on any atom is 0.321 e. The van der Waals surface area contributed by atoms with Gasteiger partial charge in [0, 0.05) is 13.1 Å². The monoisotopic (exact) mass is 291 g/mol. The molecule has 1 aromatic carbocycles. The first-order valence-corrected chi connectivity index (χ1v) is 6.35. The third-order valence-electron chi connectivity index (χ3n) is 3.62. The lowest BCUT2D eigenvalue weighted by molar-refractivity contribution is -0.146. The standard InChI is InChI=1S/C14H14FN3O3/c1-14(12(19)20)4-5-18(8-14)13(21)17-11-3-2-10(15)6-9(11)7-16/h2-3,6H,4-5,8H2,1H3,(H,17,21)(H,19,20). The van der Waals surface area contributed by atoms with Gasteiger partial charge in [0.15, 0.2) is 0 Å². The van der Waals surface area contributed by atoms with E-state index in [9.17, 15) is 14.0 Å². The predicted molar refractivity (Wildman–Crippen MR) is 72.1 cm³/mol. The molecule has 0 bridgehead atoms. The molecular weight excluding hydrogens is 277 g/mol. The van der Waals surface area contributed by atoms with E-state index in [0.29, 0.717) is 13.0 Å². The van der Waals surface area contributed by atoms with Crippen molar-refractivity contribution in [1.29, 1.82) is 5.26 Å². The number of carboxylic acids is 1. The number of anilines is 1. The van der Waals surface area contributed by atoms with Gasteiger partial charge in [0.05, 0.1) is 16.7 Å². The number of nitriles is 1. The van der Waals surface area contributed by atoms with Crippen LogP contribution in [0, 0.1) is 22.6 Å². The summed E-state index contributed by atoms with van der Waals surface area (Å²) in [4.78, 5) is 24.6. The van der Waals surface area contributed by atoms with Gasteiger partial charge < -0.3 is 15.3 Å². The summed E-state index contributed by atoms with van der Waals surface area (Å²) in [5.41, 5.74) is -0.741. The Morgan fingerprint density at radius 2 is 2.24 bits per heavy atom. The third kappa shape index (κ3) is 2.94. The van der Waals surface area contributed by atoms with Crippen molar-refractivity contribution in [2.24, 2.45) is 5.41 Å². The molecule has 2 amide bonds. The van der Waals surface area contributed by atoms with Crippen LogP contribution >= 0.6 is 0 Å². The van der Waals surface area contributed by atoms with Crippen molar-refractivity contribution in [1.82, 2.24) is 4.90 Å². The van der Waals surface area contributed by atoms with Gasteiger partial charge in [0.2, 0.25) is 0 Å². The first-order chi connectivity index (χ1) is 9.85. The summed E-state index contributed by atoms with van der Waals surface area (Å²) in [6, 6.07) is 4.78. The summed E-state index contributed by atoms with van der Waals surface area (Å²) >= 11 is 0. The van der Waals surface area contributed by atoms with Crippen molar-refractivity contribution < 1.29 is 19.1 Å². The topological polar surface area (TPSA) is 93.4 Å². The molecule has 2 N–H and O–H groups in total. The summed E-state index contributed by atoms with van der Waals surface area (Å²) in [5, 5.41) is 20.6. The number of nitrogens with zero attached hydrogens (tertiary/aromatic N) is 2. The zero-order chi connectivity index (χ0) is 15.6. The molecule has 21 heavy (non-hydrogen) atoms. The second-order valence-electron chi connectivity index (χ2n) is 5.27. The summed E-state index contributed by atoms with van der Waals surface area (Å²) in [6.07, 6.45) is 0.365. The van der Waals surface area contributed by atoms with E-state index in [1.807, 2.05) is 0 Å². The number of carbonyl (C=O) groups is 2. The number of nitrogens with one attached hydrogen (secondary N) is 1. The largest absolute Gasteiger partial charge is 0.481 e. The lowest BCUT2D eigenvalue weighted by Crippen LogP contribution is -2.37. The van der Waals surface area contributed by atoms with Crippen LogP contribution in [0.3, 0.4) is 0 Å². The van der Waals surface area contributed by atoms with E-state index in [2.05, 4.69) is 5.32 Å². The number of urea groups is 1. The zero-order valence-corrected chi connectivity index (χ0v) is 11.4. The number of hydrogen-bond donors (Lipinski definition) is 2. The Balaban J connectivity index is 2.10. The normalized spacial score (nSPS) is 20.9. The van der Waals surface area contributed by atoms with Gasteiger partial charge in [-0.25, -0.2) is 9.18 Å². The molecule has 2 rings (SSSR count). The van der Waals surface area contributed by atoms with Crippen LogP contribution < -0.4 is 5.32 Å². The lowest BCUT2D eigenvalue weighted by Gasteiger charge is -2.20. The molecule has 1 heterocycles. The first-order valence-electron chi connectivity index (χ1n) is 6.35. The number of amides is 2. The van der Waals surface area contributed by atoms with Crippen LogP contribution in [0.2, 0.25) is 0 Å². The predicted octanol–water partition coefficient (Wildman–Crippen LogP) is 2.03. The molecule has 0 radical (unpaired) electrons. The van der Waals surface area contributed by atoms with Gasteiger partial charge >= 0.3 is 12.0 Å². The van der Waals surface area contributed by atoms with Crippen molar-refractivity contribution in [2.45, 2.75) is 13.3 Å². The maximum atomic E-state index is 13.0. The Kier molecular flexibility index (Phi) is 3.80. The van der Waals surface area contributed by atoms with Gasteiger partial charge in [-0.3, -0.25) is 4.79 Å². The number of hydrogen-bond acceptors (Lipinski definition) is 3. The molecule has 1 aromatic rings. The first kappa shape index (κ1) is 14.8. The molecule has 0 aliphatic carbocycles. The maximum absolute atomic E-state index is 13.0. The minimum Gasteiger partial charge on any atom is -0.481 e. The molecule has 0 saturated carbocycles. The van der Waals surface area contributed by atoms with Crippen LogP contribution in [-0.4, -0.2) is 35.1 Å². The van der Waals surface area contributed by atoms with Crippen LogP contribution in [0.5, 0.6) is 0 Å². The Bertz CT molecular complexity index is 641. The summed E-state index contributed by atoms with van der Waals surface area (Å²) < 4.78 is 13.0. The van der Waals surface area contributed by atoms with Crippen LogP contribution in [0.1, 0.15) is 18.9 Å². The number of benzene rings is 1. The SMILES string of the molecule is CC1(C(=O)O)CCN(C(=O)Nc2ccc(F)cc2C#N)C1. The van der Waals surface area contributed by atoms with Gasteiger partial charge in [-0.05, 0) is 31.5 Å². The van der Waals surface area contributed by atoms with Gasteiger partial charge in [-0.15, -0.1) is 0 Å². The van der Waals surface area contributed by atoms with E-state index in [0.717, 1.165) is 12.1 Å². The van der Waals surface area contributed by atoms with Gasteiger partial charge in [0.25, 0.3) is 0 Å². The highest BCUT2D eigenvalue weighted by Crippen LogP contribution is 2.30. The molecule has 7 heteroatoms. The van der Waals surface area contributed by atoms with Crippen LogP contribution in [0.15, 0.2) is 18.2 Å². The lowest BCUT2D eigenvalue weighted by atomic mass is 9.90. The highest BCUT2D eigenvalue weighted by molar-refractivity contribution is 5.91. The van der Waals surface area contributed by atoms with Crippen molar-refractivity contribution in [3.8, 4) is 6.07 Å².